The van der Waals surface area contributed by atoms with E-state index in [-0.39, 0.29) is 6.03 Å². The average Bonchev–Trinajstić information content (AvgIpc) is 3.01. The molecule has 2 saturated carbocycles. The number of nitrogens with zero attached hydrogens (tertiary/aromatic N) is 1. The Labute approximate surface area is 92.2 Å². The van der Waals surface area contributed by atoms with Crippen LogP contribution in [0.15, 0.2) is 0 Å². The normalized spacial score (nSPS) is 29.1. The fourth-order valence-corrected chi connectivity index (χ4v) is 1.92. The molecule has 0 radical (unpaired) electrons. The minimum atomic E-state index is 0.145. The molecule has 2 fully saturated rings. The highest BCUT2D eigenvalue weighted by Gasteiger charge is 2.36. The molecule has 0 bridgehead atoms. The van der Waals surface area contributed by atoms with Gasteiger partial charge in [-0.05, 0) is 44.9 Å². The molecular formula is C12H22N2O. The third kappa shape index (κ3) is 2.86. The van der Waals surface area contributed by atoms with Gasteiger partial charge in [-0.2, -0.15) is 0 Å². The molecule has 3 heteroatoms. The van der Waals surface area contributed by atoms with E-state index < -0.39 is 0 Å². The summed E-state index contributed by atoms with van der Waals surface area (Å²) in [5.41, 5.74) is 0. The highest BCUT2D eigenvalue weighted by atomic mass is 16.2. The summed E-state index contributed by atoms with van der Waals surface area (Å²) < 4.78 is 0. The lowest BCUT2D eigenvalue weighted by atomic mass is 10.2. The second-order valence-corrected chi connectivity index (χ2v) is 5.44. The molecule has 2 atom stereocenters. The number of carbonyl (C=O) groups excluding carboxylic acids is 1. The van der Waals surface area contributed by atoms with Crippen LogP contribution in [0.1, 0.15) is 40.0 Å². The molecule has 86 valence electrons. The van der Waals surface area contributed by atoms with Crippen molar-refractivity contribution in [1.82, 2.24) is 10.2 Å². The van der Waals surface area contributed by atoms with Gasteiger partial charge >= 0.3 is 6.03 Å². The number of urea groups is 1. The van der Waals surface area contributed by atoms with Gasteiger partial charge in [-0.1, -0.05) is 6.92 Å². The zero-order chi connectivity index (χ0) is 11.0. The predicted molar refractivity (Wildman–Crippen MR) is 60.7 cm³/mol. The lowest BCUT2D eigenvalue weighted by Gasteiger charge is -2.27. The molecular weight excluding hydrogens is 188 g/mol. The predicted octanol–water partition coefficient (Wildman–Crippen LogP) is 2.22. The van der Waals surface area contributed by atoms with Gasteiger partial charge in [0.1, 0.15) is 0 Å². The van der Waals surface area contributed by atoms with Crippen LogP contribution in [0, 0.1) is 11.8 Å². The van der Waals surface area contributed by atoms with Crippen molar-refractivity contribution in [2.75, 3.05) is 6.54 Å². The molecule has 2 amide bonds. The number of carbonyl (C=O) groups is 1. The minimum absolute atomic E-state index is 0.145. The maximum atomic E-state index is 11.9. The van der Waals surface area contributed by atoms with Crippen LogP contribution in [0.3, 0.4) is 0 Å². The van der Waals surface area contributed by atoms with Gasteiger partial charge in [-0.25, -0.2) is 4.79 Å². The first-order chi connectivity index (χ1) is 7.08. The number of amides is 2. The molecule has 0 aromatic carbocycles. The van der Waals surface area contributed by atoms with E-state index in [1.807, 2.05) is 4.90 Å². The monoisotopic (exact) mass is 210 g/mol. The lowest BCUT2D eigenvalue weighted by molar-refractivity contribution is 0.178. The Kier molecular flexibility index (Phi) is 2.89. The third-order valence-electron chi connectivity index (χ3n) is 3.50. The second-order valence-electron chi connectivity index (χ2n) is 5.44. The van der Waals surface area contributed by atoms with Crippen LogP contribution in [-0.2, 0) is 0 Å². The van der Waals surface area contributed by atoms with E-state index in [4.69, 9.17) is 0 Å². The topological polar surface area (TPSA) is 32.3 Å². The molecule has 2 aliphatic rings. The van der Waals surface area contributed by atoms with Crippen molar-refractivity contribution >= 4 is 6.03 Å². The highest BCUT2D eigenvalue weighted by Crippen LogP contribution is 2.38. The van der Waals surface area contributed by atoms with Crippen molar-refractivity contribution in [3.63, 3.8) is 0 Å². The van der Waals surface area contributed by atoms with Crippen molar-refractivity contribution in [3.8, 4) is 0 Å². The first-order valence-electron chi connectivity index (χ1n) is 6.15. The Bertz CT molecular complexity index is 248. The number of hydrogen-bond acceptors (Lipinski definition) is 1. The van der Waals surface area contributed by atoms with E-state index in [0.29, 0.717) is 12.1 Å². The Balaban J connectivity index is 1.83. The van der Waals surface area contributed by atoms with Crippen LogP contribution in [-0.4, -0.2) is 29.6 Å². The van der Waals surface area contributed by atoms with Gasteiger partial charge in [0.05, 0.1) is 0 Å². The maximum absolute atomic E-state index is 11.9. The van der Waals surface area contributed by atoms with E-state index in [0.717, 1.165) is 31.2 Å². The zero-order valence-electron chi connectivity index (χ0n) is 9.99. The molecule has 2 rings (SSSR count). The van der Waals surface area contributed by atoms with Gasteiger partial charge in [0.2, 0.25) is 0 Å². The zero-order valence-corrected chi connectivity index (χ0v) is 9.99. The standard InChI is InChI=1S/C12H22N2O/c1-8(2)14(7-10-6-9(10)3)12(15)13-11-4-5-11/h8-11H,4-7H2,1-3H3,(H,13,15). The van der Waals surface area contributed by atoms with E-state index in [9.17, 15) is 4.79 Å². The SMILES string of the molecule is CC1CC1CN(C(=O)NC1CC1)C(C)C. The molecule has 15 heavy (non-hydrogen) atoms. The number of rotatable bonds is 4. The molecule has 2 unspecified atom stereocenters. The maximum Gasteiger partial charge on any atom is 0.317 e. The largest absolute Gasteiger partial charge is 0.335 e. The minimum Gasteiger partial charge on any atom is -0.335 e. The summed E-state index contributed by atoms with van der Waals surface area (Å²) in [6, 6.07) is 0.929. The molecule has 2 aliphatic carbocycles. The van der Waals surface area contributed by atoms with Gasteiger partial charge in [0.15, 0.2) is 0 Å². The van der Waals surface area contributed by atoms with Crippen molar-refractivity contribution < 1.29 is 4.79 Å². The average molecular weight is 210 g/mol. The summed E-state index contributed by atoms with van der Waals surface area (Å²) in [6.07, 6.45) is 3.62. The fraction of sp³-hybridized carbons (Fsp3) is 0.917. The van der Waals surface area contributed by atoms with Crippen molar-refractivity contribution in [2.45, 2.75) is 52.1 Å². The fourth-order valence-electron chi connectivity index (χ4n) is 1.92. The summed E-state index contributed by atoms with van der Waals surface area (Å²) in [4.78, 5) is 13.9. The Morgan fingerprint density at radius 3 is 2.47 bits per heavy atom. The van der Waals surface area contributed by atoms with Crippen molar-refractivity contribution in [3.05, 3.63) is 0 Å². The summed E-state index contributed by atoms with van der Waals surface area (Å²) >= 11 is 0. The smallest absolute Gasteiger partial charge is 0.317 e. The molecule has 1 N–H and O–H groups in total. The van der Waals surface area contributed by atoms with E-state index in [1.54, 1.807) is 0 Å². The summed E-state index contributed by atoms with van der Waals surface area (Å²) in [5.74, 6) is 1.57. The van der Waals surface area contributed by atoms with E-state index >= 15 is 0 Å². The van der Waals surface area contributed by atoms with Crippen LogP contribution in [0.5, 0.6) is 0 Å². The Morgan fingerprint density at radius 1 is 1.47 bits per heavy atom. The van der Waals surface area contributed by atoms with Gasteiger partial charge in [0.25, 0.3) is 0 Å². The Morgan fingerprint density at radius 2 is 2.07 bits per heavy atom. The molecule has 0 spiro atoms. The summed E-state index contributed by atoms with van der Waals surface area (Å²) in [6.45, 7) is 7.40. The van der Waals surface area contributed by atoms with Crippen LogP contribution in [0.4, 0.5) is 4.79 Å². The second kappa shape index (κ2) is 4.03. The summed E-state index contributed by atoms with van der Waals surface area (Å²) in [7, 11) is 0. The van der Waals surface area contributed by atoms with Gasteiger partial charge in [0, 0.05) is 18.6 Å². The molecule has 0 aliphatic heterocycles. The first-order valence-corrected chi connectivity index (χ1v) is 6.15. The van der Waals surface area contributed by atoms with Gasteiger partial charge in [-0.3, -0.25) is 0 Å². The van der Waals surface area contributed by atoms with Crippen molar-refractivity contribution in [2.24, 2.45) is 11.8 Å². The Hall–Kier alpha value is -0.730. The van der Waals surface area contributed by atoms with Crippen LogP contribution in [0.25, 0.3) is 0 Å². The highest BCUT2D eigenvalue weighted by molar-refractivity contribution is 5.75. The molecule has 0 heterocycles. The summed E-state index contributed by atoms with van der Waals surface area (Å²) in [5, 5.41) is 3.07. The van der Waals surface area contributed by atoms with Gasteiger partial charge in [-0.15, -0.1) is 0 Å². The van der Waals surface area contributed by atoms with E-state index in [1.165, 1.54) is 6.42 Å². The first kappa shape index (κ1) is 10.8. The van der Waals surface area contributed by atoms with Crippen LogP contribution in [0.2, 0.25) is 0 Å². The third-order valence-corrected chi connectivity index (χ3v) is 3.50. The number of hydrogen-bond donors (Lipinski definition) is 1. The van der Waals surface area contributed by atoms with E-state index in [2.05, 4.69) is 26.1 Å². The quantitative estimate of drug-likeness (QED) is 0.758. The molecule has 0 aromatic rings. The molecule has 0 aromatic heterocycles. The van der Waals surface area contributed by atoms with Gasteiger partial charge < -0.3 is 10.2 Å². The van der Waals surface area contributed by atoms with Crippen molar-refractivity contribution in [1.29, 1.82) is 0 Å². The molecule has 0 saturated heterocycles. The number of nitrogens with one attached hydrogen (secondary N) is 1. The lowest BCUT2D eigenvalue weighted by Crippen LogP contribution is -2.45. The molecule has 3 nitrogen and oxygen atoms in total. The van der Waals surface area contributed by atoms with Crippen LogP contribution >= 0.6 is 0 Å². The van der Waals surface area contributed by atoms with Crippen LogP contribution < -0.4 is 5.32 Å².